The Hall–Kier alpha value is -1.38. The van der Waals surface area contributed by atoms with E-state index < -0.39 is 6.16 Å². The smallest absolute Gasteiger partial charge is 0.465 e. The molecule has 0 saturated carbocycles. The van der Waals surface area contributed by atoms with Gasteiger partial charge in [-0.1, -0.05) is 207 Å². The summed E-state index contributed by atoms with van der Waals surface area (Å²) in [6.45, 7) is 12.1. The third-order valence-electron chi connectivity index (χ3n) is 12.1. The highest BCUT2D eigenvalue weighted by molar-refractivity contribution is 5.72. The van der Waals surface area contributed by atoms with Crippen molar-refractivity contribution in [2.45, 2.75) is 258 Å². The maximum atomic E-state index is 13.2. The molecule has 0 saturated heterocycles. The summed E-state index contributed by atoms with van der Waals surface area (Å²) in [7, 11) is 0. The molecule has 0 heterocycles. The van der Waals surface area contributed by atoms with Gasteiger partial charge in [0.1, 0.15) is 0 Å². The largest absolute Gasteiger partial charge is 0.508 e. The predicted octanol–water partition coefficient (Wildman–Crippen LogP) is 15.1. The van der Waals surface area contributed by atoms with Crippen LogP contribution in [0.2, 0.25) is 0 Å². The number of hydrogen-bond acceptors (Lipinski definition) is 8. The second-order valence-corrected chi connectivity index (χ2v) is 17.9. The molecule has 0 aliphatic carbocycles. The molecule has 0 aromatic heterocycles. The van der Waals surface area contributed by atoms with Crippen LogP contribution in [0.1, 0.15) is 258 Å². The third-order valence-corrected chi connectivity index (χ3v) is 12.1. The molecule has 0 aliphatic heterocycles. The number of nitrogens with zero attached hydrogens (tertiary/aromatic N) is 1. The van der Waals surface area contributed by atoms with Gasteiger partial charge in [-0.15, -0.1) is 0 Å². The molecule has 60 heavy (non-hydrogen) atoms. The SMILES string of the molecule is CCCCCCCCCCCCCOC(=O)OCCCCCN(CCCCCCCOC(=O)C(CCCCCCCCCC)CCCCCCCCCC)CCOCCO. The summed E-state index contributed by atoms with van der Waals surface area (Å²) in [6, 6.07) is 0. The van der Waals surface area contributed by atoms with Crippen LogP contribution in [-0.4, -0.2) is 81.4 Å². The lowest BCUT2D eigenvalue weighted by Gasteiger charge is -2.22. The zero-order valence-corrected chi connectivity index (χ0v) is 40.4. The van der Waals surface area contributed by atoms with Crippen LogP contribution in [0.3, 0.4) is 0 Å². The van der Waals surface area contributed by atoms with E-state index in [1.807, 2.05) is 0 Å². The molecule has 1 N–H and O–H groups in total. The van der Waals surface area contributed by atoms with Crippen LogP contribution in [0, 0.1) is 5.92 Å². The van der Waals surface area contributed by atoms with Crippen LogP contribution in [0.25, 0.3) is 0 Å². The first-order valence-electron chi connectivity index (χ1n) is 26.5. The van der Waals surface area contributed by atoms with Crippen molar-refractivity contribution >= 4 is 12.1 Å². The highest BCUT2D eigenvalue weighted by atomic mass is 16.7. The van der Waals surface area contributed by atoms with Crippen LogP contribution in [0.4, 0.5) is 4.79 Å². The van der Waals surface area contributed by atoms with Crippen molar-refractivity contribution in [3.63, 3.8) is 0 Å². The first kappa shape index (κ1) is 58.6. The molecule has 0 atom stereocenters. The Balaban J connectivity index is 4.20. The lowest BCUT2D eigenvalue weighted by atomic mass is 9.94. The molecule has 0 aromatic carbocycles. The number of rotatable bonds is 50. The van der Waals surface area contributed by atoms with E-state index in [1.165, 1.54) is 148 Å². The molecule has 0 radical (unpaired) electrons. The molecule has 8 heteroatoms. The summed E-state index contributed by atoms with van der Waals surface area (Å²) in [5.41, 5.74) is 0. The van der Waals surface area contributed by atoms with Gasteiger partial charge < -0.3 is 29.0 Å². The number of carbonyl (C=O) groups is 2. The van der Waals surface area contributed by atoms with Crippen LogP contribution >= 0.6 is 0 Å². The predicted molar refractivity (Wildman–Crippen MR) is 254 cm³/mol. The van der Waals surface area contributed by atoms with E-state index in [4.69, 9.17) is 24.1 Å². The maximum absolute atomic E-state index is 13.2. The highest BCUT2D eigenvalue weighted by Gasteiger charge is 2.19. The Bertz CT molecular complexity index is 838. The molecule has 8 nitrogen and oxygen atoms in total. The molecule has 0 bridgehead atoms. The van der Waals surface area contributed by atoms with Gasteiger partial charge in [0.2, 0.25) is 0 Å². The Morgan fingerprint density at radius 2 is 0.717 bits per heavy atom. The molecule has 0 aliphatic rings. The molecule has 0 unspecified atom stereocenters. The van der Waals surface area contributed by atoms with Gasteiger partial charge in [0, 0.05) is 6.54 Å². The summed E-state index contributed by atoms with van der Waals surface area (Å²) in [4.78, 5) is 27.6. The van der Waals surface area contributed by atoms with Gasteiger partial charge in [0.05, 0.1) is 45.6 Å². The van der Waals surface area contributed by atoms with Gasteiger partial charge in [-0.2, -0.15) is 0 Å². The summed E-state index contributed by atoms with van der Waals surface area (Å²) in [6.07, 6.45) is 44.6. The average Bonchev–Trinajstić information content (AvgIpc) is 3.25. The fourth-order valence-corrected chi connectivity index (χ4v) is 8.12. The van der Waals surface area contributed by atoms with Crippen LogP contribution in [-0.2, 0) is 23.7 Å². The second-order valence-electron chi connectivity index (χ2n) is 17.9. The fraction of sp³-hybridized carbons (Fsp3) is 0.962. The number of hydrogen-bond donors (Lipinski definition) is 1. The van der Waals surface area contributed by atoms with Crippen LogP contribution in [0.15, 0.2) is 0 Å². The van der Waals surface area contributed by atoms with E-state index in [9.17, 15) is 9.59 Å². The van der Waals surface area contributed by atoms with Gasteiger partial charge in [-0.3, -0.25) is 4.79 Å². The number of carbonyl (C=O) groups excluding carboxylic acids is 2. The molecule has 0 fully saturated rings. The van der Waals surface area contributed by atoms with Crippen molar-refractivity contribution < 1.29 is 33.6 Å². The third kappa shape index (κ3) is 44.7. The first-order valence-corrected chi connectivity index (χ1v) is 26.5. The van der Waals surface area contributed by atoms with Gasteiger partial charge >= 0.3 is 12.1 Å². The number of unbranched alkanes of at least 4 members (excludes halogenated alkanes) is 30. The van der Waals surface area contributed by atoms with E-state index in [1.54, 1.807) is 0 Å². The Morgan fingerprint density at radius 3 is 1.12 bits per heavy atom. The van der Waals surface area contributed by atoms with Gasteiger partial charge in [-0.25, -0.2) is 4.79 Å². The molecule has 0 rings (SSSR count). The lowest BCUT2D eigenvalue weighted by molar-refractivity contribution is -0.149. The number of aliphatic hydroxyl groups is 1. The van der Waals surface area contributed by atoms with Crippen molar-refractivity contribution in [1.82, 2.24) is 4.90 Å². The van der Waals surface area contributed by atoms with Crippen molar-refractivity contribution in [1.29, 1.82) is 0 Å². The standard InChI is InChI=1S/C52H103NO7/c1-4-7-10-13-16-19-20-21-24-29-37-46-59-52(56)60-47-38-31-35-42-53(43-48-57-49-44-54)41-34-28-25-30-36-45-58-51(55)50(39-32-26-22-17-14-11-8-5-2)40-33-27-23-18-15-12-9-6-3/h50,54H,4-49H2,1-3H3. The van der Waals surface area contributed by atoms with E-state index in [2.05, 4.69) is 25.7 Å². The van der Waals surface area contributed by atoms with E-state index >= 15 is 0 Å². The van der Waals surface area contributed by atoms with E-state index in [-0.39, 0.29) is 18.5 Å². The van der Waals surface area contributed by atoms with E-state index in [0.717, 1.165) is 110 Å². The quantitative estimate of drug-likeness (QED) is 0.0478. The topological polar surface area (TPSA) is 94.5 Å². The second kappa shape index (κ2) is 50.3. The van der Waals surface area contributed by atoms with Crippen molar-refractivity contribution in [3.05, 3.63) is 0 Å². The van der Waals surface area contributed by atoms with Gasteiger partial charge in [0.15, 0.2) is 0 Å². The molecular formula is C52H103NO7. The number of ether oxygens (including phenoxy) is 4. The first-order chi connectivity index (χ1) is 29.6. The van der Waals surface area contributed by atoms with E-state index in [0.29, 0.717) is 33.0 Å². The highest BCUT2D eigenvalue weighted by Crippen LogP contribution is 2.22. The zero-order chi connectivity index (χ0) is 43.7. The van der Waals surface area contributed by atoms with Gasteiger partial charge in [-0.05, 0) is 64.5 Å². The van der Waals surface area contributed by atoms with Crippen molar-refractivity contribution in [3.8, 4) is 0 Å². The van der Waals surface area contributed by atoms with Crippen molar-refractivity contribution in [2.24, 2.45) is 5.92 Å². The summed E-state index contributed by atoms with van der Waals surface area (Å²) < 4.78 is 22.0. The minimum Gasteiger partial charge on any atom is -0.465 e. The van der Waals surface area contributed by atoms with Crippen LogP contribution < -0.4 is 0 Å². The molecule has 0 aromatic rings. The monoisotopic (exact) mass is 854 g/mol. The average molecular weight is 854 g/mol. The number of esters is 1. The summed E-state index contributed by atoms with van der Waals surface area (Å²) >= 11 is 0. The zero-order valence-electron chi connectivity index (χ0n) is 40.4. The van der Waals surface area contributed by atoms with Crippen molar-refractivity contribution in [2.75, 3.05) is 59.3 Å². The Labute approximate surface area is 373 Å². The molecule has 358 valence electrons. The fourth-order valence-electron chi connectivity index (χ4n) is 8.12. The lowest BCUT2D eigenvalue weighted by Crippen LogP contribution is -2.30. The summed E-state index contributed by atoms with van der Waals surface area (Å²) in [5, 5.41) is 9.10. The maximum Gasteiger partial charge on any atom is 0.508 e. The van der Waals surface area contributed by atoms with Crippen LogP contribution in [0.5, 0.6) is 0 Å². The molecular weight excluding hydrogens is 751 g/mol. The Morgan fingerprint density at radius 1 is 0.383 bits per heavy atom. The summed E-state index contributed by atoms with van der Waals surface area (Å²) in [5.74, 6) is 0.136. The molecule has 0 spiro atoms. The molecule has 0 amide bonds. The number of aliphatic hydroxyl groups excluding tert-OH is 1. The Kier molecular flexibility index (Phi) is 49.1. The minimum atomic E-state index is -0.532. The minimum absolute atomic E-state index is 0.0518. The van der Waals surface area contributed by atoms with Gasteiger partial charge in [0.25, 0.3) is 0 Å². The normalized spacial score (nSPS) is 11.6.